The van der Waals surface area contributed by atoms with Gasteiger partial charge >= 0.3 is 0 Å². The molecule has 3 aromatic rings. The van der Waals surface area contributed by atoms with Gasteiger partial charge in [-0.15, -0.1) is 0 Å². The SMILES string of the molecule is COc1ccccc1NS(=O)(=O)c1cc(NS(=O)(=O)c2ccc(F)cc2F)ccc1C. The van der Waals surface area contributed by atoms with Gasteiger partial charge in [-0.3, -0.25) is 9.44 Å². The number of ether oxygens (including phenoxy) is 1. The maximum Gasteiger partial charge on any atom is 0.264 e. The molecular formula is C20H18F2N2O5S2. The van der Waals surface area contributed by atoms with Crippen LogP contribution >= 0.6 is 0 Å². The van der Waals surface area contributed by atoms with Crippen molar-refractivity contribution in [3.63, 3.8) is 0 Å². The second kappa shape index (κ2) is 8.52. The molecule has 0 heterocycles. The molecular weight excluding hydrogens is 450 g/mol. The van der Waals surface area contributed by atoms with Crippen LogP contribution in [0.25, 0.3) is 0 Å². The summed E-state index contributed by atoms with van der Waals surface area (Å²) in [6.45, 7) is 1.54. The third kappa shape index (κ3) is 4.94. The van der Waals surface area contributed by atoms with E-state index in [0.717, 1.165) is 18.2 Å². The van der Waals surface area contributed by atoms with Crippen LogP contribution in [0.3, 0.4) is 0 Å². The Balaban J connectivity index is 1.96. The Hall–Kier alpha value is -3.18. The molecule has 0 saturated carbocycles. The van der Waals surface area contributed by atoms with Gasteiger partial charge in [0.15, 0.2) is 0 Å². The van der Waals surface area contributed by atoms with E-state index in [0.29, 0.717) is 17.4 Å². The first-order valence-electron chi connectivity index (χ1n) is 8.78. The first-order valence-corrected chi connectivity index (χ1v) is 11.7. The second-order valence-corrected chi connectivity index (χ2v) is 9.77. The largest absolute Gasteiger partial charge is 0.495 e. The summed E-state index contributed by atoms with van der Waals surface area (Å²) in [5.74, 6) is -1.90. The van der Waals surface area contributed by atoms with Crippen LogP contribution in [-0.2, 0) is 20.0 Å². The molecule has 164 valence electrons. The number of hydrogen-bond donors (Lipinski definition) is 2. The van der Waals surface area contributed by atoms with E-state index in [1.54, 1.807) is 18.2 Å². The lowest BCUT2D eigenvalue weighted by atomic mass is 10.2. The summed E-state index contributed by atoms with van der Waals surface area (Å²) in [6, 6.07) is 12.2. The summed E-state index contributed by atoms with van der Waals surface area (Å²) in [5.41, 5.74) is 0.428. The van der Waals surface area contributed by atoms with Crippen molar-refractivity contribution in [2.75, 3.05) is 16.6 Å². The minimum absolute atomic E-state index is 0.116. The molecule has 0 unspecified atom stereocenters. The molecule has 11 heteroatoms. The zero-order chi connectivity index (χ0) is 22.8. The van der Waals surface area contributed by atoms with Crippen LogP contribution < -0.4 is 14.2 Å². The van der Waals surface area contributed by atoms with Gasteiger partial charge in [-0.2, -0.15) is 0 Å². The van der Waals surface area contributed by atoms with Crippen LogP contribution in [0.1, 0.15) is 5.56 Å². The van der Waals surface area contributed by atoms with Crippen molar-refractivity contribution in [2.24, 2.45) is 0 Å². The topological polar surface area (TPSA) is 102 Å². The first-order chi connectivity index (χ1) is 14.5. The third-order valence-electron chi connectivity index (χ3n) is 4.26. The first kappa shape index (κ1) is 22.5. The number of anilines is 2. The van der Waals surface area contributed by atoms with Gasteiger partial charge in [0.25, 0.3) is 20.0 Å². The summed E-state index contributed by atoms with van der Waals surface area (Å²) < 4.78 is 87.5. The van der Waals surface area contributed by atoms with Gasteiger partial charge in [0, 0.05) is 6.07 Å². The van der Waals surface area contributed by atoms with E-state index in [1.165, 1.54) is 32.2 Å². The fourth-order valence-electron chi connectivity index (χ4n) is 2.79. The Morgan fingerprint density at radius 3 is 2.16 bits per heavy atom. The van der Waals surface area contributed by atoms with Gasteiger partial charge in [-0.1, -0.05) is 18.2 Å². The molecule has 31 heavy (non-hydrogen) atoms. The third-order valence-corrected chi connectivity index (χ3v) is 7.19. The predicted molar refractivity (Wildman–Crippen MR) is 112 cm³/mol. The van der Waals surface area contributed by atoms with Crippen molar-refractivity contribution in [1.29, 1.82) is 0 Å². The summed E-state index contributed by atoms with van der Waals surface area (Å²) >= 11 is 0. The number of aryl methyl sites for hydroxylation is 1. The number of para-hydroxylation sites is 2. The van der Waals surface area contributed by atoms with Crippen LogP contribution in [0.15, 0.2) is 70.5 Å². The minimum atomic E-state index is -4.43. The zero-order valence-corrected chi connectivity index (χ0v) is 18.0. The molecule has 0 bridgehead atoms. The van der Waals surface area contributed by atoms with E-state index >= 15 is 0 Å². The van der Waals surface area contributed by atoms with Gasteiger partial charge in [0.2, 0.25) is 0 Å². The Labute approximate surface area is 178 Å². The normalized spacial score (nSPS) is 11.7. The summed E-state index contributed by atoms with van der Waals surface area (Å²) in [7, 11) is -7.16. The smallest absolute Gasteiger partial charge is 0.264 e. The van der Waals surface area contributed by atoms with Gasteiger partial charge in [-0.25, -0.2) is 25.6 Å². The monoisotopic (exact) mass is 468 g/mol. The standard InChI is InChI=1S/C20H18F2N2O5S2/c1-13-7-9-15(23-30(25,26)19-10-8-14(21)11-16(19)22)12-20(13)31(27,28)24-17-5-3-4-6-18(17)29-2/h3-12,23-24H,1-2H3. The maximum absolute atomic E-state index is 13.9. The van der Waals surface area contributed by atoms with E-state index in [1.807, 2.05) is 0 Å². The summed E-state index contributed by atoms with van der Waals surface area (Å²) in [4.78, 5) is -0.968. The average Bonchev–Trinajstić information content (AvgIpc) is 2.69. The molecule has 0 aliphatic rings. The van der Waals surface area contributed by atoms with Crippen molar-refractivity contribution < 1.29 is 30.4 Å². The highest BCUT2D eigenvalue weighted by molar-refractivity contribution is 7.93. The lowest BCUT2D eigenvalue weighted by molar-refractivity contribution is 0.417. The van der Waals surface area contributed by atoms with Crippen molar-refractivity contribution in [1.82, 2.24) is 0 Å². The maximum atomic E-state index is 13.9. The molecule has 7 nitrogen and oxygen atoms in total. The van der Waals surface area contributed by atoms with E-state index in [-0.39, 0.29) is 16.3 Å². The van der Waals surface area contributed by atoms with Crippen molar-refractivity contribution in [3.05, 3.63) is 77.9 Å². The highest BCUT2D eigenvalue weighted by Gasteiger charge is 2.23. The number of hydrogen-bond acceptors (Lipinski definition) is 5. The van der Waals surface area contributed by atoms with Crippen LogP contribution in [-0.4, -0.2) is 23.9 Å². The molecule has 0 aliphatic heterocycles. The fourth-order valence-corrected chi connectivity index (χ4v) is 5.24. The quantitative estimate of drug-likeness (QED) is 0.548. The zero-order valence-electron chi connectivity index (χ0n) is 16.4. The fraction of sp³-hybridized carbons (Fsp3) is 0.100. The molecule has 0 fully saturated rings. The van der Waals surface area contributed by atoms with Crippen LogP contribution in [0.2, 0.25) is 0 Å². The highest BCUT2D eigenvalue weighted by Crippen LogP contribution is 2.29. The molecule has 2 N–H and O–H groups in total. The Bertz CT molecular complexity index is 1340. The summed E-state index contributed by atoms with van der Waals surface area (Å²) in [6.07, 6.45) is 0. The van der Waals surface area contributed by atoms with Gasteiger partial charge in [0.05, 0.1) is 23.4 Å². The van der Waals surface area contributed by atoms with E-state index in [4.69, 9.17) is 4.74 Å². The van der Waals surface area contributed by atoms with Crippen molar-refractivity contribution >= 4 is 31.4 Å². The Morgan fingerprint density at radius 2 is 1.48 bits per heavy atom. The lowest BCUT2D eigenvalue weighted by Crippen LogP contribution is -2.17. The van der Waals surface area contributed by atoms with Crippen LogP contribution in [0.4, 0.5) is 20.2 Å². The molecule has 0 spiro atoms. The van der Waals surface area contributed by atoms with Gasteiger partial charge in [0.1, 0.15) is 22.3 Å². The molecule has 0 aliphatic carbocycles. The van der Waals surface area contributed by atoms with Crippen LogP contribution in [0, 0.1) is 18.6 Å². The number of halogens is 2. The molecule has 3 aromatic carbocycles. The second-order valence-electron chi connectivity index (χ2n) is 6.47. The van der Waals surface area contributed by atoms with Gasteiger partial charge < -0.3 is 4.74 Å². The molecule has 3 rings (SSSR count). The number of benzene rings is 3. The predicted octanol–water partition coefficient (Wildman–Crippen LogP) is 3.88. The van der Waals surface area contributed by atoms with Crippen molar-refractivity contribution in [3.8, 4) is 5.75 Å². The number of nitrogens with one attached hydrogen (secondary N) is 2. The molecule has 0 aromatic heterocycles. The number of rotatable bonds is 7. The number of methoxy groups -OCH3 is 1. The summed E-state index contributed by atoms with van der Waals surface area (Å²) in [5, 5.41) is 0. The van der Waals surface area contributed by atoms with E-state index < -0.39 is 36.6 Å². The average molecular weight is 469 g/mol. The molecule has 0 atom stereocenters. The number of sulfonamides is 2. The van der Waals surface area contributed by atoms with E-state index in [9.17, 15) is 25.6 Å². The lowest BCUT2D eigenvalue weighted by Gasteiger charge is -2.15. The highest BCUT2D eigenvalue weighted by atomic mass is 32.2. The Morgan fingerprint density at radius 1 is 0.806 bits per heavy atom. The Kier molecular flexibility index (Phi) is 6.18. The molecule has 0 radical (unpaired) electrons. The minimum Gasteiger partial charge on any atom is -0.495 e. The van der Waals surface area contributed by atoms with Crippen LogP contribution in [0.5, 0.6) is 5.75 Å². The molecule has 0 saturated heterocycles. The van der Waals surface area contributed by atoms with Crippen molar-refractivity contribution in [2.45, 2.75) is 16.7 Å². The molecule has 0 amide bonds. The van der Waals surface area contributed by atoms with E-state index in [2.05, 4.69) is 9.44 Å². The van der Waals surface area contributed by atoms with Gasteiger partial charge in [-0.05, 0) is 48.9 Å².